The molecule has 1 aliphatic rings. The molecule has 0 radical (unpaired) electrons. The third-order valence-corrected chi connectivity index (χ3v) is 4.83. The Morgan fingerprint density at radius 3 is 2.85 bits per heavy atom. The highest BCUT2D eigenvalue weighted by Crippen LogP contribution is 2.18. The van der Waals surface area contributed by atoms with Crippen molar-refractivity contribution < 1.29 is 23.1 Å². The lowest BCUT2D eigenvalue weighted by Gasteiger charge is -2.29. The standard InChI is InChI=1S/C12H24N2O5S/c1-2-3-8-19-9-6-13-20(17,18)14-7-4-5-11(10-14)12(15)16/h11,13H,2-10H2,1H3,(H,15,16). The molecular formula is C12H24N2O5S. The van der Waals surface area contributed by atoms with Crippen LogP contribution in [-0.2, 0) is 19.7 Å². The van der Waals surface area contributed by atoms with Gasteiger partial charge in [0.1, 0.15) is 0 Å². The second-order valence-corrected chi connectivity index (χ2v) is 6.66. The minimum Gasteiger partial charge on any atom is -0.481 e. The number of carbonyl (C=O) groups is 1. The van der Waals surface area contributed by atoms with Crippen LogP contribution < -0.4 is 4.72 Å². The van der Waals surface area contributed by atoms with Crippen molar-refractivity contribution in [1.29, 1.82) is 0 Å². The molecule has 7 nitrogen and oxygen atoms in total. The SMILES string of the molecule is CCCCOCCNS(=O)(=O)N1CCCC(C(=O)O)C1. The molecule has 1 atom stereocenters. The van der Waals surface area contributed by atoms with Crippen LogP contribution in [0.3, 0.4) is 0 Å². The summed E-state index contributed by atoms with van der Waals surface area (Å²) in [6.07, 6.45) is 3.10. The summed E-state index contributed by atoms with van der Waals surface area (Å²) in [6.45, 7) is 3.64. The predicted octanol–water partition coefficient (Wildman–Crippen LogP) is 0.434. The maximum absolute atomic E-state index is 12.0. The first kappa shape index (κ1) is 17.4. The van der Waals surface area contributed by atoms with E-state index in [4.69, 9.17) is 9.84 Å². The van der Waals surface area contributed by atoms with Crippen LogP contribution in [0.15, 0.2) is 0 Å². The van der Waals surface area contributed by atoms with Gasteiger partial charge in [-0.15, -0.1) is 0 Å². The highest BCUT2D eigenvalue weighted by Gasteiger charge is 2.31. The van der Waals surface area contributed by atoms with Gasteiger partial charge in [0.15, 0.2) is 0 Å². The van der Waals surface area contributed by atoms with Gasteiger partial charge in [0.05, 0.1) is 12.5 Å². The van der Waals surface area contributed by atoms with Gasteiger partial charge in [-0.25, -0.2) is 0 Å². The van der Waals surface area contributed by atoms with Crippen molar-refractivity contribution >= 4 is 16.2 Å². The van der Waals surface area contributed by atoms with Gasteiger partial charge in [0, 0.05) is 26.2 Å². The molecule has 1 fully saturated rings. The molecule has 1 aliphatic heterocycles. The highest BCUT2D eigenvalue weighted by atomic mass is 32.2. The number of aliphatic carboxylic acids is 1. The molecule has 0 aromatic carbocycles. The highest BCUT2D eigenvalue weighted by molar-refractivity contribution is 7.87. The Morgan fingerprint density at radius 2 is 2.20 bits per heavy atom. The molecule has 0 bridgehead atoms. The van der Waals surface area contributed by atoms with E-state index in [1.165, 1.54) is 4.31 Å². The van der Waals surface area contributed by atoms with E-state index < -0.39 is 22.1 Å². The third-order valence-electron chi connectivity index (χ3n) is 3.25. The van der Waals surface area contributed by atoms with Crippen LogP contribution in [0, 0.1) is 5.92 Å². The van der Waals surface area contributed by atoms with Crippen LogP contribution in [0.4, 0.5) is 0 Å². The number of carboxylic acid groups (broad SMARTS) is 1. The number of nitrogens with zero attached hydrogens (tertiary/aromatic N) is 1. The van der Waals surface area contributed by atoms with Crippen LogP contribution in [0.1, 0.15) is 32.6 Å². The first-order chi connectivity index (χ1) is 9.47. The molecule has 1 heterocycles. The number of hydrogen-bond acceptors (Lipinski definition) is 4. The third kappa shape index (κ3) is 5.74. The van der Waals surface area contributed by atoms with E-state index >= 15 is 0 Å². The van der Waals surface area contributed by atoms with Crippen molar-refractivity contribution in [3.05, 3.63) is 0 Å². The zero-order valence-electron chi connectivity index (χ0n) is 11.9. The summed E-state index contributed by atoms with van der Waals surface area (Å²) in [5.41, 5.74) is 0. The molecule has 1 saturated heterocycles. The Kier molecular flexibility index (Phi) is 7.42. The smallest absolute Gasteiger partial charge is 0.307 e. The van der Waals surface area contributed by atoms with Crippen LogP contribution in [0.25, 0.3) is 0 Å². The zero-order chi connectivity index (χ0) is 15.0. The maximum Gasteiger partial charge on any atom is 0.307 e. The molecular weight excluding hydrogens is 284 g/mol. The number of carboxylic acids is 1. The molecule has 0 aromatic heterocycles. The number of rotatable bonds is 9. The Bertz CT molecular complexity index is 399. The first-order valence-corrected chi connectivity index (χ1v) is 8.46. The fourth-order valence-electron chi connectivity index (χ4n) is 2.04. The number of hydrogen-bond donors (Lipinski definition) is 2. The lowest BCUT2D eigenvalue weighted by Crippen LogP contribution is -2.48. The summed E-state index contributed by atoms with van der Waals surface area (Å²) in [4.78, 5) is 10.9. The molecule has 8 heteroatoms. The lowest BCUT2D eigenvalue weighted by molar-refractivity contribution is -0.142. The van der Waals surface area contributed by atoms with E-state index in [0.29, 0.717) is 32.6 Å². The van der Waals surface area contributed by atoms with E-state index in [0.717, 1.165) is 12.8 Å². The molecule has 1 rings (SSSR count). The molecule has 0 aliphatic carbocycles. The van der Waals surface area contributed by atoms with E-state index in [1.807, 2.05) is 0 Å². The molecule has 0 spiro atoms. The number of unbranched alkanes of at least 4 members (excludes halogenated alkanes) is 1. The van der Waals surface area contributed by atoms with Crippen molar-refractivity contribution in [2.75, 3.05) is 32.8 Å². The van der Waals surface area contributed by atoms with Crippen molar-refractivity contribution in [2.45, 2.75) is 32.6 Å². The quantitative estimate of drug-likeness (QED) is 0.602. The number of piperidine rings is 1. The molecule has 118 valence electrons. The molecule has 0 amide bonds. The van der Waals surface area contributed by atoms with Gasteiger partial charge in [-0.1, -0.05) is 13.3 Å². The van der Waals surface area contributed by atoms with Crippen LogP contribution in [0.2, 0.25) is 0 Å². The van der Waals surface area contributed by atoms with E-state index in [1.54, 1.807) is 0 Å². The van der Waals surface area contributed by atoms with Crippen LogP contribution in [-0.4, -0.2) is 56.6 Å². The summed E-state index contributed by atoms with van der Waals surface area (Å²) >= 11 is 0. The zero-order valence-corrected chi connectivity index (χ0v) is 12.7. The van der Waals surface area contributed by atoms with Gasteiger partial charge in [0.2, 0.25) is 0 Å². The first-order valence-electron chi connectivity index (χ1n) is 7.02. The van der Waals surface area contributed by atoms with Gasteiger partial charge in [-0.05, 0) is 19.3 Å². The summed E-state index contributed by atoms with van der Waals surface area (Å²) in [5, 5.41) is 8.96. The second kappa shape index (κ2) is 8.56. The Labute approximate surface area is 120 Å². The summed E-state index contributed by atoms with van der Waals surface area (Å²) < 4.78 is 32.9. The molecule has 1 unspecified atom stereocenters. The lowest BCUT2D eigenvalue weighted by atomic mass is 10.0. The minimum atomic E-state index is -3.60. The molecule has 2 N–H and O–H groups in total. The predicted molar refractivity (Wildman–Crippen MR) is 74.6 cm³/mol. The fraction of sp³-hybridized carbons (Fsp3) is 0.917. The Hall–Kier alpha value is -0.700. The van der Waals surface area contributed by atoms with E-state index in [-0.39, 0.29) is 13.1 Å². The van der Waals surface area contributed by atoms with Gasteiger partial charge in [-0.2, -0.15) is 17.4 Å². The van der Waals surface area contributed by atoms with E-state index in [9.17, 15) is 13.2 Å². The Balaban J connectivity index is 2.34. The Morgan fingerprint density at radius 1 is 1.45 bits per heavy atom. The minimum absolute atomic E-state index is 0.0430. The van der Waals surface area contributed by atoms with Crippen LogP contribution >= 0.6 is 0 Å². The van der Waals surface area contributed by atoms with Gasteiger partial charge in [-0.3, -0.25) is 4.79 Å². The van der Waals surface area contributed by atoms with Crippen molar-refractivity contribution in [3.63, 3.8) is 0 Å². The number of nitrogens with one attached hydrogen (secondary N) is 1. The van der Waals surface area contributed by atoms with Crippen molar-refractivity contribution in [1.82, 2.24) is 9.03 Å². The van der Waals surface area contributed by atoms with Crippen molar-refractivity contribution in [3.8, 4) is 0 Å². The second-order valence-electron chi connectivity index (χ2n) is 4.90. The summed E-state index contributed by atoms with van der Waals surface area (Å²) in [7, 11) is -3.60. The van der Waals surface area contributed by atoms with Gasteiger partial charge < -0.3 is 9.84 Å². The average Bonchev–Trinajstić information content (AvgIpc) is 2.43. The molecule has 20 heavy (non-hydrogen) atoms. The number of ether oxygens (including phenoxy) is 1. The largest absolute Gasteiger partial charge is 0.481 e. The van der Waals surface area contributed by atoms with Gasteiger partial charge in [0.25, 0.3) is 10.2 Å². The maximum atomic E-state index is 12.0. The average molecular weight is 308 g/mol. The molecule has 0 aromatic rings. The van der Waals surface area contributed by atoms with Crippen LogP contribution in [0.5, 0.6) is 0 Å². The summed E-state index contributed by atoms with van der Waals surface area (Å²) in [5.74, 6) is -1.55. The normalized spacial score (nSPS) is 20.9. The summed E-state index contributed by atoms with van der Waals surface area (Å²) in [6, 6.07) is 0. The topological polar surface area (TPSA) is 95.9 Å². The van der Waals surface area contributed by atoms with Crippen molar-refractivity contribution in [2.24, 2.45) is 5.92 Å². The monoisotopic (exact) mass is 308 g/mol. The van der Waals surface area contributed by atoms with E-state index in [2.05, 4.69) is 11.6 Å². The van der Waals surface area contributed by atoms with Gasteiger partial charge >= 0.3 is 5.97 Å². The fourth-order valence-corrected chi connectivity index (χ4v) is 3.31. The molecule has 0 saturated carbocycles.